The summed E-state index contributed by atoms with van der Waals surface area (Å²) in [6.45, 7) is 5.28. The highest BCUT2D eigenvalue weighted by Gasteiger charge is 2.17. The Morgan fingerprint density at radius 3 is 1.59 bits per heavy atom. The zero-order valence-electron chi connectivity index (χ0n) is 10.4. The molecule has 88 valence electrons. The van der Waals surface area contributed by atoms with Crippen molar-refractivity contribution >= 4 is 17.7 Å². The molecule has 0 atom stereocenters. The summed E-state index contributed by atoms with van der Waals surface area (Å²) in [5, 5.41) is 2.71. The van der Waals surface area contributed by atoms with Gasteiger partial charge < -0.3 is 0 Å². The Labute approximate surface area is 104 Å². The first-order valence-corrected chi connectivity index (χ1v) is 8.13. The number of hydrogen-bond acceptors (Lipinski definition) is 1. The first-order valence-electron chi connectivity index (χ1n) is 5.94. The number of nitrogens with zero attached hydrogens (tertiary/aromatic N) is 1. The smallest absolute Gasteiger partial charge is 0.0353 e. The summed E-state index contributed by atoms with van der Waals surface area (Å²) < 4.78 is 4.91. The van der Waals surface area contributed by atoms with Crippen LogP contribution in [0.15, 0.2) is 65.4 Å². The highest BCUT2D eigenvalue weighted by molar-refractivity contribution is 7.80. The fraction of sp³-hybridized carbons (Fsp3) is 0.200. The van der Waals surface area contributed by atoms with Crippen LogP contribution < -0.4 is 10.6 Å². The second-order valence-electron chi connectivity index (χ2n) is 4.09. The predicted octanol–water partition coefficient (Wildman–Crippen LogP) is 3.49. The molecule has 0 aliphatic heterocycles. The molecule has 0 aliphatic carbocycles. The standard InChI is InChI=1S/C15H18NP/c1-3-16-17(2,14-10-6-4-7-11-14)15-12-8-5-9-13-15/h4-13H,3H2,1-2H3. The number of rotatable bonds is 3. The van der Waals surface area contributed by atoms with E-state index in [9.17, 15) is 0 Å². The van der Waals surface area contributed by atoms with E-state index in [1.807, 2.05) is 0 Å². The van der Waals surface area contributed by atoms with Gasteiger partial charge in [0, 0.05) is 13.6 Å². The van der Waals surface area contributed by atoms with Crippen LogP contribution in [0.5, 0.6) is 0 Å². The minimum Gasteiger partial charge on any atom is -0.295 e. The van der Waals surface area contributed by atoms with Crippen molar-refractivity contribution in [3.05, 3.63) is 60.7 Å². The Hall–Kier alpha value is -1.33. The van der Waals surface area contributed by atoms with Crippen molar-refractivity contribution in [1.82, 2.24) is 0 Å². The molecule has 0 aliphatic rings. The summed E-state index contributed by atoms with van der Waals surface area (Å²) in [5.74, 6) is 0. The van der Waals surface area contributed by atoms with Gasteiger partial charge in [0.1, 0.15) is 0 Å². The molecular weight excluding hydrogens is 225 g/mol. The largest absolute Gasteiger partial charge is 0.295 e. The van der Waals surface area contributed by atoms with Gasteiger partial charge in [0.05, 0.1) is 0 Å². The lowest BCUT2D eigenvalue weighted by atomic mass is 10.4. The van der Waals surface area contributed by atoms with Gasteiger partial charge in [-0.15, -0.1) is 0 Å². The molecule has 0 fully saturated rings. The lowest BCUT2D eigenvalue weighted by Crippen LogP contribution is -2.15. The molecule has 0 radical (unpaired) electrons. The van der Waals surface area contributed by atoms with Crippen LogP contribution in [0.4, 0.5) is 0 Å². The number of benzene rings is 2. The van der Waals surface area contributed by atoms with Crippen LogP contribution >= 0.6 is 7.05 Å². The molecule has 2 heteroatoms. The third-order valence-corrected chi connectivity index (χ3v) is 6.40. The first-order chi connectivity index (χ1) is 8.27. The van der Waals surface area contributed by atoms with Gasteiger partial charge in [-0.25, -0.2) is 0 Å². The molecule has 0 unspecified atom stereocenters. The Balaban J connectivity index is 2.60. The average molecular weight is 243 g/mol. The third kappa shape index (κ3) is 2.50. The van der Waals surface area contributed by atoms with E-state index in [4.69, 9.17) is 4.74 Å². The Morgan fingerprint density at radius 2 is 1.24 bits per heavy atom. The van der Waals surface area contributed by atoms with E-state index >= 15 is 0 Å². The maximum atomic E-state index is 4.91. The molecule has 2 rings (SSSR count). The van der Waals surface area contributed by atoms with E-state index in [2.05, 4.69) is 74.3 Å². The van der Waals surface area contributed by atoms with Crippen LogP contribution in [-0.2, 0) is 0 Å². The van der Waals surface area contributed by atoms with Gasteiger partial charge in [-0.2, -0.15) is 0 Å². The van der Waals surface area contributed by atoms with Crippen molar-refractivity contribution in [3.8, 4) is 0 Å². The second-order valence-corrected chi connectivity index (χ2v) is 7.32. The second kappa shape index (κ2) is 5.33. The zero-order valence-corrected chi connectivity index (χ0v) is 11.3. The molecule has 1 nitrogen and oxygen atoms in total. The Bertz CT molecular complexity index is 474. The maximum absolute atomic E-state index is 4.91. The van der Waals surface area contributed by atoms with Gasteiger partial charge in [-0.3, -0.25) is 4.74 Å². The van der Waals surface area contributed by atoms with Gasteiger partial charge >= 0.3 is 0 Å². The van der Waals surface area contributed by atoms with Gasteiger partial charge in [-0.05, 0) is 24.2 Å². The van der Waals surface area contributed by atoms with E-state index in [0.29, 0.717) is 0 Å². The molecule has 0 saturated carbocycles. The van der Waals surface area contributed by atoms with Gasteiger partial charge in [0.2, 0.25) is 0 Å². The van der Waals surface area contributed by atoms with Crippen LogP contribution in [0.2, 0.25) is 0 Å². The average Bonchev–Trinajstić information content (AvgIpc) is 2.41. The van der Waals surface area contributed by atoms with Crippen molar-refractivity contribution in [1.29, 1.82) is 0 Å². The summed E-state index contributed by atoms with van der Waals surface area (Å²) in [6, 6.07) is 21.3. The molecule has 0 bridgehead atoms. The van der Waals surface area contributed by atoms with Crippen LogP contribution in [-0.4, -0.2) is 13.2 Å². The fourth-order valence-electron chi connectivity index (χ4n) is 2.03. The molecular formula is C15H18NP. The molecule has 0 amide bonds. The van der Waals surface area contributed by atoms with E-state index in [1.165, 1.54) is 10.6 Å². The van der Waals surface area contributed by atoms with E-state index in [1.54, 1.807) is 0 Å². The fourth-order valence-corrected chi connectivity index (χ4v) is 4.73. The molecule has 2 aromatic carbocycles. The predicted molar refractivity (Wildman–Crippen MR) is 78.0 cm³/mol. The van der Waals surface area contributed by atoms with Gasteiger partial charge in [-0.1, -0.05) is 60.7 Å². The van der Waals surface area contributed by atoms with Gasteiger partial charge in [0.15, 0.2) is 0 Å². The molecule has 2 aromatic rings. The van der Waals surface area contributed by atoms with Crippen LogP contribution in [0.1, 0.15) is 6.92 Å². The maximum Gasteiger partial charge on any atom is 0.0353 e. The van der Waals surface area contributed by atoms with Crippen LogP contribution in [0.25, 0.3) is 0 Å². The normalized spacial score (nSPS) is 11.2. The summed E-state index contributed by atoms with van der Waals surface area (Å²) in [6.07, 6.45) is 0. The summed E-state index contributed by atoms with van der Waals surface area (Å²) in [5.41, 5.74) is 0. The first kappa shape index (κ1) is 12.1. The molecule has 0 aromatic heterocycles. The molecule has 0 saturated heterocycles. The van der Waals surface area contributed by atoms with Crippen molar-refractivity contribution in [2.24, 2.45) is 4.74 Å². The van der Waals surface area contributed by atoms with Crippen molar-refractivity contribution in [2.45, 2.75) is 6.92 Å². The zero-order chi connectivity index (χ0) is 12.1. The monoisotopic (exact) mass is 243 g/mol. The van der Waals surface area contributed by atoms with Crippen LogP contribution in [0.3, 0.4) is 0 Å². The highest BCUT2D eigenvalue weighted by Crippen LogP contribution is 2.42. The van der Waals surface area contributed by atoms with Gasteiger partial charge in [0.25, 0.3) is 0 Å². The topological polar surface area (TPSA) is 12.4 Å². The van der Waals surface area contributed by atoms with E-state index in [0.717, 1.165) is 6.54 Å². The lowest BCUT2D eigenvalue weighted by molar-refractivity contribution is 1.15. The summed E-state index contributed by atoms with van der Waals surface area (Å²) in [4.78, 5) is 0. The molecule has 0 N–H and O–H groups in total. The summed E-state index contributed by atoms with van der Waals surface area (Å²) >= 11 is 0. The quantitative estimate of drug-likeness (QED) is 0.732. The Morgan fingerprint density at radius 1 is 0.824 bits per heavy atom. The van der Waals surface area contributed by atoms with Crippen molar-refractivity contribution < 1.29 is 0 Å². The summed E-state index contributed by atoms with van der Waals surface area (Å²) in [7, 11) is -1.55. The Kier molecular flexibility index (Phi) is 3.81. The van der Waals surface area contributed by atoms with Crippen molar-refractivity contribution in [3.63, 3.8) is 0 Å². The SMILES string of the molecule is CCN=P(C)(c1ccccc1)c1ccccc1. The highest BCUT2D eigenvalue weighted by atomic mass is 31.2. The molecule has 0 spiro atoms. The van der Waals surface area contributed by atoms with Crippen LogP contribution in [0, 0.1) is 0 Å². The minimum absolute atomic E-state index is 0.869. The molecule has 0 heterocycles. The lowest BCUT2D eigenvalue weighted by Gasteiger charge is -2.21. The van der Waals surface area contributed by atoms with E-state index in [-0.39, 0.29) is 0 Å². The molecule has 17 heavy (non-hydrogen) atoms. The minimum atomic E-state index is -1.55. The third-order valence-electron chi connectivity index (χ3n) is 2.94. The number of hydrogen-bond donors (Lipinski definition) is 0. The van der Waals surface area contributed by atoms with E-state index < -0.39 is 7.05 Å². The van der Waals surface area contributed by atoms with Crippen molar-refractivity contribution in [2.75, 3.05) is 13.2 Å².